The van der Waals surface area contributed by atoms with E-state index < -0.39 is 0 Å². The number of benzene rings is 2. The van der Waals surface area contributed by atoms with E-state index in [1.807, 2.05) is 48.5 Å². The van der Waals surface area contributed by atoms with Crippen LogP contribution in [0.3, 0.4) is 0 Å². The predicted octanol–water partition coefficient (Wildman–Crippen LogP) is 4.66. The number of hydrogen-bond acceptors (Lipinski definition) is 2. The molecule has 122 valence electrons. The second kappa shape index (κ2) is 7.17. The fourth-order valence-electron chi connectivity index (χ4n) is 2.71. The minimum Gasteiger partial charge on any atom is -0.350 e. The van der Waals surface area contributed by atoms with Crippen LogP contribution in [0.25, 0.3) is 10.9 Å². The Morgan fingerprint density at radius 2 is 1.88 bits per heavy atom. The van der Waals surface area contributed by atoms with Gasteiger partial charge in [-0.3, -0.25) is 4.79 Å². The van der Waals surface area contributed by atoms with E-state index in [0.717, 1.165) is 25.6 Å². The largest absolute Gasteiger partial charge is 0.350 e. The molecule has 0 saturated carbocycles. The SMILES string of the molecule is CC(C)c1c(C(=O)N/N=C\c2ccc(I)cc2)[nH]c2ccccc12. The van der Waals surface area contributed by atoms with E-state index in [-0.39, 0.29) is 11.8 Å². The summed E-state index contributed by atoms with van der Waals surface area (Å²) in [5.74, 6) is 0.0127. The number of aromatic amines is 1. The van der Waals surface area contributed by atoms with Gasteiger partial charge in [0.25, 0.3) is 5.91 Å². The molecule has 2 aromatic carbocycles. The number of halogens is 1. The van der Waals surface area contributed by atoms with Gasteiger partial charge in [0, 0.05) is 14.5 Å². The van der Waals surface area contributed by atoms with Crippen LogP contribution < -0.4 is 5.43 Å². The molecule has 0 saturated heterocycles. The van der Waals surface area contributed by atoms with E-state index in [0.29, 0.717) is 5.69 Å². The highest BCUT2D eigenvalue weighted by Gasteiger charge is 2.19. The van der Waals surface area contributed by atoms with Gasteiger partial charge in [0.1, 0.15) is 5.69 Å². The second-order valence-electron chi connectivity index (χ2n) is 5.86. The topological polar surface area (TPSA) is 57.2 Å². The fourth-order valence-corrected chi connectivity index (χ4v) is 3.07. The van der Waals surface area contributed by atoms with E-state index in [9.17, 15) is 4.79 Å². The number of carbonyl (C=O) groups excluding carboxylic acids is 1. The zero-order valence-corrected chi connectivity index (χ0v) is 15.7. The minimum atomic E-state index is -0.225. The summed E-state index contributed by atoms with van der Waals surface area (Å²) in [6.45, 7) is 4.17. The van der Waals surface area contributed by atoms with E-state index in [4.69, 9.17) is 0 Å². The zero-order chi connectivity index (χ0) is 17.1. The number of carbonyl (C=O) groups is 1. The van der Waals surface area contributed by atoms with Crippen LogP contribution in [-0.2, 0) is 0 Å². The van der Waals surface area contributed by atoms with Crippen molar-refractivity contribution in [1.29, 1.82) is 0 Å². The summed E-state index contributed by atoms with van der Waals surface area (Å²) in [6.07, 6.45) is 1.64. The first-order valence-electron chi connectivity index (χ1n) is 7.76. The standard InChI is InChI=1S/C19H18IN3O/c1-12(2)17-15-5-3-4-6-16(15)22-18(17)19(24)23-21-11-13-7-9-14(20)10-8-13/h3-12,22H,1-2H3,(H,23,24)/b21-11-. The number of hydrazone groups is 1. The smallest absolute Gasteiger partial charge is 0.288 e. The molecule has 24 heavy (non-hydrogen) atoms. The van der Waals surface area contributed by atoms with Crippen LogP contribution in [0.4, 0.5) is 0 Å². The number of hydrogen-bond donors (Lipinski definition) is 2. The molecule has 1 aromatic heterocycles. The van der Waals surface area contributed by atoms with E-state index in [2.05, 4.69) is 51.9 Å². The molecule has 1 amide bonds. The maximum Gasteiger partial charge on any atom is 0.288 e. The Bertz CT molecular complexity index is 895. The third kappa shape index (κ3) is 3.51. The molecule has 0 atom stereocenters. The molecule has 4 nitrogen and oxygen atoms in total. The highest BCUT2D eigenvalue weighted by atomic mass is 127. The summed E-state index contributed by atoms with van der Waals surface area (Å²) in [6, 6.07) is 15.9. The van der Waals surface area contributed by atoms with Gasteiger partial charge >= 0.3 is 0 Å². The van der Waals surface area contributed by atoms with Crippen molar-refractivity contribution in [3.05, 3.63) is 68.9 Å². The van der Waals surface area contributed by atoms with Gasteiger partial charge in [-0.15, -0.1) is 0 Å². The monoisotopic (exact) mass is 431 g/mol. The van der Waals surface area contributed by atoms with Crippen molar-refractivity contribution in [1.82, 2.24) is 10.4 Å². The van der Waals surface area contributed by atoms with Crippen molar-refractivity contribution in [2.75, 3.05) is 0 Å². The number of fused-ring (bicyclic) bond motifs is 1. The van der Waals surface area contributed by atoms with E-state index in [1.165, 1.54) is 0 Å². The van der Waals surface area contributed by atoms with Gasteiger partial charge < -0.3 is 4.98 Å². The molecule has 0 unspecified atom stereocenters. The van der Waals surface area contributed by atoms with Gasteiger partial charge in [-0.05, 0) is 57.8 Å². The highest BCUT2D eigenvalue weighted by molar-refractivity contribution is 14.1. The molecule has 0 radical (unpaired) electrons. The average Bonchev–Trinajstić information content (AvgIpc) is 2.96. The maximum atomic E-state index is 12.5. The summed E-state index contributed by atoms with van der Waals surface area (Å²) < 4.78 is 1.16. The number of aromatic nitrogens is 1. The van der Waals surface area contributed by atoms with Crippen LogP contribution in [0, 0.1) is 3.57 Å². The molecule has 0 spiro atoms. The summed E-state index contributed by atoms with van der Waals surface area (Å²) >= 11 is 2.25. The third-order valence-corrected chi connectivity index (χ3v) is 4.52. The summed E-state index contributed by atoms with van der Waals surface area (Å²) in [4.78, 5) is 15.7. The van der Waals surface area contributed by atoms with Gasteiger partial charge in [0.15, 0.2) is 0 Å². The molecule has 1 heterocycles. The Morgan fingerprint density at radius 3 is 2.58 bits per heavy atom. The van der Waals surface area contributed by atoms with Gasteiger partial charge in [-0.25, -0.2) is 5.43 Å². The first-order valence-corrected chi connectivity index (χ1v) is 8.83. The van der Waals surface area contributed by atoms with Crippen molar-refractivity contribution in [2.24, 2.45) is 5.10 Å². The van der Waals surface area contributed by atoms with Gasteiger partial charge in [0.2, 0.25) is 0 Å². The van der Waals surface area contributed by atoms with Crippen molar-refractivity contribution in [3.63, 3.8) is 0 Å². The number of nitrogens with one attached hydrogen (secondary N) is 2. The molecule has 0 bridgehead atoms. The third-order valence-electron chi connectivity index (χ3n) is 3.80. The molecule has 0 aliphatic carbocycles. The molecule has 0 aliphatic heterocycles. The van der Waals surface area contributed by atoms with Crippen LogP contribution >= 0.6 is 22.6 Å². The van der Waals surface area contributed by atoms with Crippen LogP contribution in [-0.4, -0.2) is 17.1 Å². The zero-order valence-electron chi connectivity index (χ0n) is 13.5. The summed E-state index contributed by atoms with van der Waals surface area (Å²) in [5.41, 5.74) is 6.12. The molecule has 0 aliphatic rings. The van der Waals surface area contributed by atoms with Crippen molar-refractivity contribution in [2.45, 2.75) is 19.8 Å². The lowest BCUT2D eigenvalue weighted by atomic mass is 9.99. The Morgan fingerprint density at radius 1 is 1.17 bits per heavy atom. The molecule has 0 fully saturated rings. The first kappa shape index (κ1) is 16.7. The molecule has 2 N–H and O–H groups in total. The normalized spacial score (nSPS) is 11.5. The predicted molar refractivity (Wildman–Crippen MR) is 107 cm³/mol. The highest BCUT2D eigenvalue weighted by Crippen LogP contribution is 2.28. The van der Waals surface area contributed by atoms with E-state index in [1.54, 1.807) is 6.21 Å². The molecule has 5 heteroatoms. The number of H-pyrrole nitrogens is 1. The second-order valence-corrected chi connectivity index (χ2v) is 7.11. The van der Waals surface area contributed by atoms with Crippen LogP contribution in [0.15, 0.2) is 53.6 Å². The lowest BCUT2D eigenvalue weighted by Gasteiger charge is -2.07. The van der Waals surface area contributed by atoms with E-state index >= 15 is 0 Å². The number of rotatable bonds is 4. The van der Waals surface area contributed by atoms with Gasteiger partial charge in [-0.1, -0.05) is 44.2 Å². The Hall–Kier alpha value is -2.15. The fraction of sp³-hybridized carbons (Fsp3) is 0.158. The first-order chi connectivity index (χ1) is 11.6. The molecule has 3 aromatic rings. The lowest BCUT2D eigenvalue weighted by molar-refractivity contribution is 0.0949. The van der Waals surface area contributed by atoms with Crippen molar-refractivity contribution < 1.29 is 4.79 Å². The van der Waals surface area contributed by atoms with Gasteiger partial charge in [0.05, 0.1) is 6.21 Å². The Labute approximate surface area is 154 Å². The quantitative estimate of drug-likeness (QED) is 0.353. The average molecular weight is 431 g/mol. The lowest BCUT2D eigenvalue weighted by Crippen LogP contribution is -2.19. The van der Waals surface area contributed by atoms with Crippen LogP contribution in [0.2, 0.25) is 0 Å². The number of amides is 1. The van der Waals surface area contributed by atoms with Crippen molar-refractivity contribution >= 4 is 45.6 Å². The van der Waals surface area contributed by atoms with Crippen LogP contribution in [0.1, 0.15) is 41.4 Å². The maximum absolute atomic E-state index is 12.5. The summed E-state index contributed by atoms with van der Waals surface area (Å²) in [5, 5.41) is 5.15. The summed E-state index contributed by atoms with van der Waals surface area (Å²) in [7, 11) is 0. The van der Waals surface area contributed by atoms with Crippen molar-refractivity contribution in [3.8, 4) is 0 Å². The Balaban J connectivity index is 1.83. The van der Waals surface area contributed by atoms with Gasteiger partial charge in [-0.2, -0.15) is 5.10 Å². The number of nitrogens with zero attached hydrogens (tertiary/aromatic N) is 1. The molecular formula is C19H18IN3O. The van der Waals surface area contributed by atoms with Crippen LogP contribution in [0.5, 0.6) is 0 Å². The minimum absolute atomic E-state index is 0.225. The Kier molecular flexibility index (Phi) is 4.99. The molecular weight excluding hydrogens is 413 g/mol. The molecule has 3 rings (SSSR count). The number of para-hydroxylation sites is 1.